The maximum absolute atomic E-state index is 13.0. The van der Waals surface area contributed by atoms with Crippen molar-refractivity contribution in [2.24, 2.45) is 0 Å². The number of methoxy groups -OCH3 is 1. The number of aromatic nitrogens is 4. The molecule has 0 saturated heterocycles. The SMILES string of the molecule is COCCCn1c(=O)c2ccccc2n2c(SCC(=O)c3cc(C)ccc3C)nnc12. The molecule has 0 fully saturated rings. The second-order valence-corrected chi connectivity index (χ2v) is 8.41. The van der Waals surface area contributed by atoms with Crippen LogP contribution in [0.1, 0.15) is 27.9 Å². The molecule has 0 unspecified atom stereocenters. The first-order chi connectivity index (χ1) is 15.0. The molecule has 8 heteroatoms. The highest BCUT2D eigenvalue weighted by Gasteiger charge is 2.18. The van der Waals surface area contributed by atoms with Gasteiger partial charge in [-0.25, -0.2) is 0 Å². The fraction of sp³-hybridized carbons (Fsp3) is 0.304. The first-order valence-electron chi connectivity index (χ1n) is 10.1. The number of benzene rings is 2. The quantitative estimate of drug-likeness (QED) is 0.238. The van der Waals surface area contributed by atoms with Crippen molar-refractivity contribution in [1.82, 2.24) is 19.2 Å². The Morgan fingerprint density at radius 1 is 1.13 bits per heavy atom. The smallest absolute Gasteiger partial charge is 0.262 e. The van der Waals surface area contributed by atoms with Crippen molar-refractivity contribution < 1.29 is 9.53 Å². The third-order valence-corrected chi connectivity index (χ3v) is 6.16. The molecule has 0 aliphatic heterocycles. The first-order valence-corrected chi connectivity index (χ1v) is 11.1. The minimum atomic E-state index is -0.102. The normalized spacial score (nSPS) is 11.5. The monoisotopic (exact) mass is 436 g/mol. The van der Waals surface area contributed by atoms with Crippen molar-refractivity contribution in [3.05, 3.63) is 69.5 Å². The summed E-state index contributed by atoms with van der Waals surface area (Å²) in [6.45, 7) is 4.94. The summed E-state index contributed by atoms with van der Waals surface area (Å²) in [4.78, 5) is 25.9. The van der Waals surface area contributed by atoms with Gasteiger partial charge in [0.1, 0.15) is 0 Å². The number of Topliss-reactive ketones (excluding diaryl/α,β-unsaturated/α-hetero) is 1. The number of carbonyl (C=O) groups is 1. The molecule has 0 bridgehead atoms. The van der Waals surface area contributed by atoms with Gasteiger partial charge in [0, 0.05) is 25.8 Å². The van der Waals surface area contributed by atoms with Crippen LogP contribution in [0.3, 0.4) is 0 Å². The molecule has 0 aliphatic rings. The summed E-state index contributed by atoms with van der Waals surface area (Å²) < 4.78 is 8.63. The number of para-hydroxylation sites is 1. The molecule has 0 spiro atoms. The topological polar surface area (TPSA) is 78.5 Å². The molecular weight excluding hydrogens is 412 g/mol. The number of ketones is 1. The van der Waals surface area contributed by atoms with Gasteiger partial charge in [0.2, 0.25) is 5.78 Å². The Bertz CT molecular complexity index is 1330. The number of hydrogen-bond acceptors (Lipinski definition) is 6. The largest absolute Gasteiger partial charge is 0.385 e. The van der Waals surface area contributed by atoms with Crippen molar-refractivity contribution in [3.63, 3.8) is 0 Å². The predicted molar refractivity (Wildman–Crippen MR) is 122 cm³/mol. The van der Waals surface area contributed by atoms with Gasteiger partial charge in [0.15, 0.2) is 10.9 Å². The summed E-state index contributed by atoms with van der Waals surface area (Å²) >= 11 is 1.33. The first kappa shape index (κ1) is 21.3. The molecule has 7 nitrogen and oxygen atoms in total. The van der Waals surface area contributed by atoms with Gasteiger partial charge in [0.25, 0.3) is 5.56 Å². The summed E-state index contributed by atoms with van der Waals surface area (Å²) in [7, 11) is 1.64. The molecule has 4 rings (SSSR count). The van der Waals surface area contributed by atoms with Crippen LogP contribution in [0.2, 0.25) is 0 Å². The van der Waals surface area contributed by atoms with Gasteiger partial charge in [-0.1, -0.05) is 41.6 Å². The average molecular weight is 437 g/mol. The number of fused-ring (bicyclic) bond motifs is 3. The second kappa shape index (κ2) is 9.03. The van der Waals surface area contributed by atoms with Crippen LogP contribution in [-0.2, 0) is 11.3 Å². The van der Waals surface area contributed by atoms with Crippen LogP contribution in [0, 0.1) is 13.8 Å². The molecule has 0 radical (unpaired) electrons. The highest BCUT2D eigenvalue weighted by molar-refractivity contribution is 7.99. The van der Waals surface area contributed by atoms with E-state index in [1.54, 1.807) is 17.7 Å². The molecular formula is C23H24N4O3S. The molecule has 0 amide bonds. The maximum atomic E-state index is 13.0. The van der Waals surface area contributed by atoms with Crippen LogP contribution < -0.4 is 5.56 Å². The molecule has 2 aromatic carbocycles. The Balaban J connectivity index is 1.73. The van der Waals surface area contributed by atoms with E-state index in [-0.39, 0.29) is 17.1 Å². The van der Waals surface area contributed by atoms with Crippen molar-refractivity contribution in [3.8, 4) is 0 Å². The average Bonchev–Trinajstić information content (AvgIpc) is 3.20. The highest BCUT2D eigenvalue weighted by Crippen LogP contribution is 2.23. The number of carbonyl (C=O) groups excluding carboxylic acids is 1. The lowest BCUT2D eigenvalue weighted by molar-refractivity contribution is 0.102. The van der Waals surface area contributed by atoms with E-state index in [1.807, 2.05) is 54.6 Å². The zero-order valence-corrected chi connectivity index (χ0v) is 18.6. The van der Waals surface area contributed by atoms with Gasteiger partial charge in [0.05, 0.1) is 16.7 Å². The minimum absolute atomic E-state index is 0.0423. The van der Waals surface area contributed by atoms with E-state index >= 15 is 0 Å². The van der Waals surface area contributed by atoms with Crippen LogP contribution in [0.15, 0.2) is 52.4 Å². The lowest BCUT2D eigenvalue weighted by Gasteiger charge is -2.11. The lowest BCUT2D eigenvalue weighted by Crippen LogP contribution is -2.24. The second-order valence-electron chi connectivity index (χ2n) is 7.47. The molecule has 0 N–H and O–H groups in total. The summed E-state index contributed by atoms with van der Waals surface area (Å²) in [6, 6.07) is 13.3. The standard InChI is InChI=1S/C23H24N4O3S/c1-15-9-10-16(2)18(13-15)20(28)14-31-23-25-24-22-26(11-6-12-30-3)21(29)17-7-4-5-8-19(17)27(22)23/h4-5,7-10,13H,6,11-12,14H2,1-3H3. The van der Waals surface area contributed by atoms with E-state index in [9.17, 15) is 9.59 Å². The predicted octanol–water partition coefficient (Wildman–Crippen LogP) is 3.67. The zero-order chi connectivity index (χ0) is 22.0. The van der Waals surface area contributed by atoms with E-state index in [0.717, 1.165) is 22.2 Å². The third-order valence-electron chi connectivity index (χ3n) is 5.23. The van der Waals surface area contributed by atoms with Crippen LogP contribution in [0.5, 0.6) is 0 Å². The molecule has 160 valence electrons. The minimum Gasteiger partial charge on any atom is -0.385 e. The molecule has 31 heavy (non-hydrogen) atoms. The Labute approximate surface area is 184 Å². The Hall–Kier alpha value is -2.97. The summed E-state index contributed by atoms with van der Waals surface area (Å²) in [5, 5.41) is 9.79. The Morgan fingerprint density at radius 2 is 1.94 bits per heavy atom. The number of hydrogen-bond donors (Lipinski definition) is 0. The van der Waals surface area contributed by atoms with E-state index in [2.05, 4.69) is 10.2 Å². The Kier molecular flexibility index (Phi) is 6.20. The summed E-state index contributed by atoms with van der Waals surface area (Å²) in [5.41, 5.74) is 3.37. The number of thioether (sulfide) groups is 1. The lowest BCUT2D eigenvalue weighted by atomic mass is 10.0. The molecule has 4 aromatic rings. The number of nitrogens with zero attached hydrogens (tertiary/aromatic N) is 4. The van der Waals surface area contributed by atoms with E-state index in [4.69, 9.17) is 4.74 Å². The van der Waals surface area contributed by atoms with Gasteiger partial charge < -0.3 is 4.74 Å². The van der Waals surface area contributed by atoms with Crippen LogP contribution >= 0.6 is 11.8 Å². The van der Waals surface area contributed by atoms with Gasteiger partial charge in [-0.15, -0.1) is 10.2 Å². The zero-order valence-electron chi connectivity index (χ0n) is 17.8. The molecule has 0 saturated carbocycles. The van der Waals surface area contributed by atoms with Crippen LogP contribution in [0.25, 0.3) is 16.7 Å². The molecule has 0 aliphatic carbocycles. The van der Waals surface area contributed by atoms with Gasteiger partial charge >= 0.3 is 0 Å². The van der Waals surface area contributed by atoms with Crippen LogP contribution in [-0.4, -0.2) is 44.4 Å². The van der Waals surface area contributed by atoms with Crippen molar-refractivity contribution in [2.45, 2.75) is 32.0 Å². The van der Waals surface area contributed by atoms with Crippen molar-refractivity contribution in [1.29, 1.82) is 0 Å². The fourth-order valence-electron chi connectivity index (χ4n) is 3.64. The molecule has 0 atom stereocenters. The van der Waals surface area contributed by atoms with Crippen molar-refractivity contribution >= 4 is 34.2 Å². The van der Waals surface area contributed by atoms with Gasteiger partial charge in [-0.3, -0.25) is 18.6 Å². The fourth-order valence-corrected chi connectivity index (χ4v) is 4.46. The third kappa shape index (κ3) is 4.13. The van der Waals surface area contributed by atoms with Crippen molar-refractivity contribution in [2.75, 3.05) is 19.5 Å². The molecule has 2 heterocycles. The number of aryl methyl sites for hydroxylation is 3. The van der Waals surface area contributed by atoms with Gasteiger partial charge in [-0.05, 0) is 44.0 Å². The van der Waals surface area contributed by atoms with E-state index in [1.165, 1.54) is 11.8 Å². The van der Waals surface area contributed by atoms with E-state index < -0.39 is 0 Å². The maximum Gasteiger partial charge on any atom is 0.262 e. The highest BCUT2D eigenvalue weighted by atomic mass is 32.2. The summed E-state index contributed by atoms with van der Waals surface area (Å²) in [6.07, 6.45) is 0.685. The molecule has 2 aromatic heterocycles. The Morgan fingerprint density at radius 3 is 2.74 bits per heavy atom. The van der Waals surface area contributed by atoms with Gasteiger partial charge in [-0.2, -0.15) is 0 Å². The van der Waals surface area contributed by atoms with E-state index in [0.29, 0.717) is 35.9 Å². The summed E-state index contributed by atoms with van der Waals surface area (Å²) in [5.74, 6) is 0.754. The van der Waals surface area contributed by atoms with Crippen LogP contribution in [0.4, 0.5) is 0 Å². The number of ether oxygens (including phenoxy) is 1. The number of rotatable bonds is 8.